The van der Waals surface area contributed by atoms with Crippen LogP contribution in [0.4, 0.5) is 0 Å². The summed E-state index contributed by atoms with van der Waals surface area (Å²) < 4.78 is 2.75. The molecule has 1 rings (SSSR count). The lowest BCUT2D eigenvalue weighted by atomic mass is 10.1. The second-order valence-electron chi connectivity index (χ2n) is 3.63. The Morgan fingerprint density at radius 3 is 2.64 bits per heavy atom. The Bertz CT molecular complexity index is 360. The summed E-state index contributed by atoms with van der Waals surface area (Å²) in [6, 6.07) is 2.08. The average molecular weight is 256 g/mol. The van der Waals surface area contributed by atoms with Gasteiger partial charge in [-0.1, -0.05) is 13.8 Å². The first-order valence-corrected chi connectivity index (χ1v) is 5.54. The Hall–Kier alpha value is -0.820. The van der Waals surface area contributed by atoms with Gasteiger partial charge in [-0.25, -0.2) is 0 Å². The highest BCUT2D eigenvalue weighted by Gasteiger charge is 2.15. The molecule has 76 valence electrons. The van der Waals surface area contributed by atoms with Crippen LogP contribution in [0.15, 0.2) is 4.47 Å². The van der Waals surface area contributed by atoms with Crippen molar-refractivity contribution in [2.45, 2.75) is 33.7 Å². The van der Waals surface area contributed by atoms with Crippen LogP contribution in [0.3, 0.4) is 0 Å². The van der Waals surface area contributed by atoms with E-state index in [0.717, 1.165) is 23.1 Å². The van der Waals surface area contributed by atoms with Crippen LogP contribution in [0.25, 0.3) is 0 Å². The Morgan fingerprint density at radius 2 is 2.21 bits per heavy atom. The van der Waals surface area contributed by atoms with Crippen molar-refractivity contribution in [2.24, 2.45) is 5.92 Å². The molecule has 1 aromatic heterocycles. The number of rotatable bonds is 3. The van der Waals surface area contributed by atoms with Gasteiger partial charge in [0.25, 0.3) is 0 Å². The zero-order valence-electron chi connectivity index (χ0n) is 8.71. The third-order valence-electron chi connectivity index (χ3n) is 2.00. The van der Waals surface area contributed by atoms with Crippen LogP contribution in [0.5, 0.6) is 0 Å². The molecular formula is C10H14BrN3. The third-order valence-corrected chi connectivity index (χ3v) is 2.83. The molecule has 0 bridgehead atoms. The van der Waals surface area contributed by atoms with Gasteiger partial charge >= 0.3 is 0 Å². The predicted molar refractivity (Wildman–Crippen MR) is 58.9 cm³/mol. The zero-order valence-corrected chi connectivity index (χ0v) is 10.3. The highest BCUT2D eigenvalue weighted by Crippen LogP contribution is 2.23. The summed E-state index contributed by atoms with van der Waals surface area (Å²) in [6.45, 7) is 7.16. The molecule has 4 heteroatoms. The molecule has 0 saturated heterocycles. The van der Waals surface area contributed by atoms with Gasteiger partial charge in [0.2, 0.25) is 0 Å². The van der Waals surface area contributed by atoms with E-state index in [9.17, 15) is 0 Å². The molecule has 0 aliphatic rings. The van der Waals surface area contributed by atoms with E-state index in [0.29, 0.717) is 11.6 Å². The van der Waals surface area contributed by atoms with Gasteiger partial charge < -0.3 is 0 Å². The van der Waals surface area contributed by atoms with Crippen LogP contribution in [0, 0.1) is 17.2 Å². The fourth-order valence-electron chi connectivity index (χ4n) is 1.39. The standard InChI is InChI=1S/C10H14BrN3/c1-4-14-9(5-7(2)3)10(11)8(6-12)13-14/h7H,4-5H2,1-3H3. The molecule has 0 aromatic carbocycles. The number of nitrogens with zero attached hydrogens (tertiary/aromatic N) is 3. The van der Waals surface area contributed by atoms with E-state index in [4.69, 9.17) is 5.26 Å². The number of hydrogen-bond donors (Lipinski definition) is 0. The molecule has 0 unspecified atom stereocenters. The Morgan fingerprint density at radius 1 is 1.57 bits per heavy atom. The molecule has 0 N–H and O–H groups in total. The maximum atomic E-state index is 8.83. The van der Waals surface area contributed by atoms with Gasteiger partial charge in [-0.2, -0.15) is 10.4 Å². The molecule has 0 radical (unpaired) electrons. The highest BCUT2D eigenvalue weighted by molar-refractivity contribution is 9.10. The Labute approximate surface area is 92.9 Å². The number of aryl methyl sites for hydroxylation is 1. The summed E-state index contributed by atoms with van der Waals surface area (Å²) in [5.74, 6) is 0.569. The lowest BCUT2D eigenvalue weighted by molar-refractivity contribution is 0.561. The van der Waals surface area contributed by atoms with Crippen molar-refractivity contribution in [3.63, 3.8) is 0 Å². The van der Waals surface area contributed by atoms with Crippen LogP contribution in [-0.2, 0) is 13.0 Å². The van der Waals surface area contributed by atoms with E-state index < -0.39 is 0 Å². The molecular weight excluding hydrogens is 242 g/mol. The molecule has 0 atom stereocenters. The predicted octanol–water partition coefficient (Wildman–Crippen LogP) is 2.74. The lowest BCUT2D eigenvalue weighted by Gasteiger charge is -2.07. The maximum Gasteiger partial charge on any atom is 0.176 e. The van der Waals surface area contributed by atoms with Crippen LogP contribution >= 0.6 is 15.9 Å². The molecule has 1 aromatic rings. The minimum Gasteiger partial charge on any atom is -0.267 e. The zero-order chi connectivity index (χ0) is 10.7. The monoisotopic (exact) mass is 255 g/mol. The van der Waals surface area contributed by atoms with E-state index in [1.54, 1.807) is 0 Å². The Balaban J connectivity index is 3.12. The second-order valence-corrected chi connectivity index (χ2v) is 4.43. The van der Waals surface area contributed by atoms with Gasteiger partial charge in [0.15, 0.2) is 5.69 Å². The minimum atomic E-state index is 0.488. The van der Waals surface area contributed by atoms with E-state index in [2.05, 4.69) is 40.9 Å². The molecule has 0 aliphatic heterocycles. The summed E-state index contributed by atoms with van der Waals surface area (Å²) in [4.78, 5) is 0. The second kappa shape index (κ2) is 4.61. The van der Waals surface area contributed by atoms with Crippen molar-refractivity contribution >= 4 is 15.9 Å². The van der Waals surface area contributed by atoms with Crippen LogP contribution < -0.4 is 0 Å². The summed E-state index contributed by atoms with van der Waals surface area (Å²) in [5.41, 5.74) is 1.61. The first-order valence-electron chi connectivity index (χ1n) is 4.75. The summed E-state index contributed by atoms with van der Waals surface area (Å²) in [5, 5.41) is 13.0. The molecule has 14 heavy (non-hydrogen) atoms. The molecule has 3 nitrogen and oxygen atoms in total. The fraction of sp³-hybridized carbons (Fsp3) is 0.600. The number of halogens is 1. The summed E-state index contributed by atoms with van der Waals surface area (Å²) in [7, 11) is 0. The first-order chi connectivity index (χ1) is 6.60. The van der Waals surface area contributed by atoms with Crippen molar-refractivity contribution in [3.8, 4) is 6.07 Å². The number of hydrogen-bond acceptors (Lipinski definition) is 2. The summed E-state index contributed by atoms with van der Waals surface area (Å²) in [6.07, 6.45) is 0.948. The topological polar surface area (TPSA) is 41.6 Å². The molecule has 0 fully saturated rings. The van der Waals surface area contributed by atoms with E-state index >= 15 is 0 Å². The largest absolute Gasteiger partial charge is 0.267 e. The Kier molecular flexibility index (Phi) is 3.70. The van der Waals surface area contributed by atoms with Crippen molar-refractivity contribution in [1.29, 1.82) is 5.26 Å². The molecule has 1 heterocycles. The van der Waals surface area contributed by atoms with Crippen LogP contribution in [0.2, 0.25) is 0 Å². The van der Waals surface area contributed by atoms with Gasteiger partial charge in [0.05, 0.1) is 10.2 Å². The van der Waals surface area contributed by atoms with E-state index in [1.807, 2.05) is 11.6 Å². The summed E-state index contributed by atoms with van der Waals surface area (Å²) >= 11 is 3.43. The van der Waals surface area contributed by atoms with Crippen molar-refractivity contribution in [1.82, 2.24) is 9.78 Å². The van der Waals surface area contributed by atoms with Crippen LogP contribution in [-0.4, -0.2) is 9.78 Å². The molecule has 0 aliphatic carbocycles. The van der Waals surface area contributed by atoms with Gasteiger partial charge in [-0.3, -0.25) is 4.68 Å². The fourth-order valence-corrected chi connectivity index (χ4v) is 1.92. The van der Waals surface area contributed by atoms with E-state index in [-0.39, 0.29) is 0 Å². The number of aromatic nitrogens is 2. The molecule has 0 saturated carbocycles. The average Bonchev–Trinajstić information content (AvgIpc) is 2.43. The quantitative estimate of drug-likeness (QED) is 0.834. The molecule has 0 amide bonds. The number of nitriles is 1. The highest BCUT2D eigenvalue weighted by atomic mass is 79.9. The maximum absolute atomic E-state index is 8.83. The minimum absolute atomic E-state index is 0.488. The smallest absolute Gasteiger partial charge is 0.176 e. The third kappa shape index (κ3) is 2.16. The van der Waals surface area contributed by atoms with E-state index in [1.165, 1.54) is 0 Å². The van der Waals surface area contributed by atoms with Crippen molar-refractivity contribution in [2.75, 3.05) is 0 Å². The van der Waals surface area contributed by atoms with Gasteiger partial charge in [0, 0.05) is 6.54 Å². The lowest BCUT2D eigenvalue weighted by Crippen LogP contribution is -2.06. The van der Waals surface area contributed by atoms with Gasteiger partial charge in [0.1, 0.15) is 6.07 Å². The first kappa shape index (κ1) is 11.3. The van der Waals surface area contributed by atoms with Gasteiger partial charge in [-0.05, 0) is 35.2 Å². The van der Waals surface area contributed by atoms with Gasteiger partial charge in [-0.15, -0.1) is 0 Å². The molecule has 0 spiro atoms. The SMILES string of the molecule is CCn1nc(C#N)c(Br)c1CC(C)C. The van der Waals surface area contributed by atoms with Crippen molar-refractivity contribution < 1.29 is 0 Å². The normalized spacial score (nSPS) is 10.6. The van der Waals surface area contributed by atoms with Crippen molar-refractivity contribution in [3.05, 3.63) is 15.9 Å². The van der Waals surface area contributed by atoms with Crippen LogP contribution in [0.1, 0.15) is 32.2 Å².